The van der Waals surface area contributed by atoms with Gasteiger partial charge < -0.3 is 0 Å². The van der Waals surface area contributed by atoms with E-state index in [4.69, 9.17) is 0 Å². The van der Waals surface area contributed by atoms with E-state index in [0.29, 0.717) is 17.0 Å². The first kappa shape index (κ1) is 23.0. The molecule has 0 saturated carbocycles. The summed E-state index contributed by atoms with van der Waals surface area (Å²) in [7, 11) is -3.49. The summed E-state index contributed by atoms with van der Waals surface area (Å²) >= 11 is 2.22. The summed E-state index contributed by atoms with van der Waals surface area (Å²) in [6, 6.07) is 23.6. The zero-order valence-corrected chi connectivity index (χ0v) is 20.1. The predicted molar refractivity (Wildman–Crippen MR) is 133 cm³/mol. The third kappa shape index (κ3) is 6.38. The molecule has 0 atom stereocenters. The van der Waals surface area contributed by atoms with Gasteiger partial charge in [-0.1, -0.05) is 42.5 Å². The largest absolute Gasteiger partial charge is 0.271 e. The van der Waals surface area contributed by atoms with Crippen LogP contribution < -0.4 is 9.73 Å². The van der Waals surface area contributed by atoms with E-state index in [1.54, 1.807) is 24.3 Å². The van der Waals surface area contributed by atoms with Crippen LogP contribution in [-0.2, 0) is 16.6 Å². The molecule has 0 aliphatic heterocycles. The minimum atomic E-state index is -3.49. The van der Waals surface area contributed by atoms with Gasteiger partial charge >= 0.3 is 0 Å². The number of hydrazone groups is 1. The van der Waals surface area contributed by atoms with E-state index in [1.807, 2.05) is 61.5 Å². The second-order valence-electron chi connectivity index (χ2n) is 6.95. The van der Waals surface area contributed by atoms with E-state index in [1.165, 1.54) is 10.6 Å². The Morgan fingerprint density at radius 3 is 2.26 bits per heavy atom. The number of rotatable bonds is 7. The molecule has 0 aliphatic carbocycles. The van der Waals surface area contributed by atoms with Gasteiger partial charge in [-0.2, -0.15) is 5.10 Å². The zero-order valence-electron chi connectivity index (χ0n) is 17.1. The van der Waals surface area contributed by atoms with Crippen LogP contribution in [0.25, 0.3) is 0 Å². The fourth-order valence-electron chi connectivity index (χ4n) is 2.91. The lowest BCUT2D eigenvalue weighted by molar-refractivity contribution is 0.0955. The Morgan fingerprint density at radius 1 is 0.968 bits per heavy atom. The van der Waals surface area contributed by atoms with Gasteiger partial charge in [0.15, 0.2) is 0 Å². The van der Waals surface area contributed by atoms with E-state index in [0.717, 1.165) is 14.7 Å². The van der Waals surface area contributed by atoms with Gasteiger partial charge in [0.1, 0.15) is 0 Å². The molecule has 0 bridgehead atoms. The summed E-state index contributed by atoms with van der Waals surface area (Å²) in [4.78, 5) is 12.5. The lowest BCUT2D eigenvalue weighted by atomic mass is 10.1. The molecule has 8 heteroatoms. The second kappa shape index (κ2) is 10.1. The van der Waals surface area contributed by atoms with Crippen LogP contribution in [0.1, 0.15) is 28.4 Å². The van der Waals surface area contributed by atoms with Gasteiger partial charge in [0.05, 0.1) is 24.2 Å². The Balaban J connectivity index is 1.74. The summed E-state index contributed by atoms with van der Waals surface area (Å²) < 4.78 is 27.0. The molecule has 3 aromatic carbocycles. The van der Waals surface area contributed by atoms with Gasteiger partial charge in [0.2, 0.25) is 10.0 Å². The number of amides is 1. The number of anilines is 1. The molecule has 0 aromatic heterocycles. The van der Waals surface area contributed by atoms with Gasteiger partial charge in [0.25, 0.3) is 5.91 Å². The number of nitrogens with zero attached hydrogens (tertiary/aromatic N) is 2. The minimum Gasteiger partial charge on any atom is -0.267 e. The summed E-state index contributed by atoms with van der Waals surface area (Å²) in [5.74, 6) is -0.370. The van der Waals surface area contributed by atoms with Gasteiger partial charge in [-0.3, -0.25) is 9.10 Å². The fraction of sp³-hybridized carbons (Fsp3) is 0.130. The quantitative estimate of drug-likeness (QED) is 0.271. The van der Waals surface area contributed by atoms with Crippen molar-refractivity contribution in [1.29, 1.82) is 0 Å². The first-order chi connectivity index (χ1) is 14.7. The van der Waals surface area contributed by atoms with Crippen molar-refractivity contribution in [3.63, 3.8) is 0 Å². The normalized spacial score (nSPS) is 11.8. The van der Waals surface area contributed by atoms with E-state index in [-0.39, 0.29) is 12.5 Å². The van der Waals surface area contributed by atoms with Crippen molar-refractivity contribution in [3.05, 3.63) is 99.1 Å². The lowest BCUT2D eigenvalue weighted by Gasteiger charge is -2.22. The van der Waals surface area contributed by atoms with Gasteiger partial charge in [-0.05, 0) is 77.0 Å². The van der Waals surface area contributed by atoms with Crippen molar-refractivity contribution in [3.8, 4) is 0 Å². The lowest BCUT2D eigenvalue weighted by Crippen LogP contribution is -2.29. The highest BCUT2D eigenvalue weighted by Gasteiger charge is 2.18. The number of halogens is 1. The molecular formula is C23H22IN3O3S. The highest BCUT2D eigenvalue weighted by atomic mass is 127. The molecule has 1 N–H and O–H groups in total. The average molecular weight is 547 g/mol. The number of sulfonamides is 1. The van der Waals surface area contributed by atoms with Crippen LogP contribution in [0.15, 0.2) is 84.0 Å². The molecule has 31 heavy (non-hydrogen) atoms. The number of hydrogen-bond donors (Lipinski definition) is 1. The second-order valence-corrected chi connectivity index (χ2v) is 10.1. The molecule has 3 aromatic rings. The highest BCUT2D eigenvalue weighted by Crippen LogP contribution is 2.21. The van der Waals surface area contributed by atoms with Gasteiger partial charge in [-0.25, -0.2) is 13.8 Å². The maximum Gasteiger partial charge on any atom is 0.271 e. The molecule has 0 aliphatic rings. The van der Waals surface area contributed by atoms with Crippen LogP contribution in [0.3, 0.4) is 0 Å². The average Bonchev–Trinajstić information content (AvgIpc) is 2.75. The van der Waals surface area contributed by atoms with Crippen LogP contribution in [0, 0.1) is 3.57 Å². The number of nitrogens with one attached hydrogen (secondary N) is 1. The Hall–Kier alpha value is -2.72. The van der Waals surface area contributed by atoms with Crippen molar-refractivity contribution in [2.75, 3.05) is 10.6 Å². The molecule has 160 valence electrons. The van der Waals surface area contributed by atoms with Crippen molar-refractivity contribution >= 4 is 49.9 Å². The maximum atomic E-state index is 12.5. The van der Waals surface area contributed by atoms with Crippen molar-refractivity contribution in [2.24, 2.45) is 5.10 Å². The van der Waals surface area contributed by atoms with E-state index >= 15 is 0 Å². The van der Waals surface area contributed by atoms with E-state index < -0.39 is 10.0 Å². The number of carbonyl (C=O) groups is 1. The summed E-state index contributed by atoms with van der Waals surface area (Å²) in [5, 5.41) is 4.17. The first-order valence-corrected chi connectivity index (χ1v) is 12.4. The summed E-state index contributed by atoms with van der Waals surface area (Å²) in [6.45, 7) is 2.03. The van der Waals surface area contributed by atoms with Gasteiger partial charge in [0, 0.05) is 9.13 Å². The fourth-order valence-corrected chi connectivity index (χ4v) is 4.34. The molecule has 3 rings (SSSR count). The van der Waals surface area contributed by atoms with Crippen molar-refractivity contribution < 1.29 is 13.2 Å². The van der Waals surface area contributed by atoms with Crippen LogP contribution >= 0.6 is 22.6 Å². The standard InChI is InChI=1S/C23H22IN3O3S/c1-17(20-9-6-10-21(24)15-20)25-26-23(28)19-11-13-22(14-12-19)27(31(2,29)30)16-18-7-4-3-5-8-18/h3-15H,16H2,1-2H3,(H,26,28)/b25-17-. The summed E-state index contributed by atoms with van der Waals surface area (Å²) in [5.41, 5.74) is 5.91. The molecule has 0 saturated heterocycles. The minimum absolute atomic E-state index is 0.213. The Morgan fingerprint density at radius 2 is 1.65 bits per heavy atom. The van der Waals surface area contributed by atoms with Crippen LogP contribution in [-0.4, -0.2) is 26.3 Å². The zero-order chi connectivity index (χ0) is 22.4. The topological polar surface area (TPSA) is 78.8 Å². The van der Waals surface area contributed by atoms with Crippen molar-refractivity contribution in [1.82, 2.24) is 5.43 Å². The van der Waals surface area contributed by atoms with E-state index in [9.17, 15) is 13.2 Å². The molecule has 0 heterocycles. The Kier molecular flexibility index (Phi) is 7.45. The summed E-state index contributed by atoms with van der Waals surface area (Å²) in [6.07, 6.45) is 1.17. The van der Waals surface area contributed by atoms with Crippen molar-refractivity contribution in [2.45, 2.75) is 13.5 Å². The smallest absolute Gasteiger partial charge is 0.267 e. The van der Waals surface area contributed by atoms with Crippen LogP contribution in [0.5, 0.6) is 0 Å². The molecule has 1 amide bonds. The first-order valence-electron chi connectivity index (χ1n) is 9.46. The Bertz CT molecular complexity index is 1190. The molecule has 0 fully saturated rings. The predicted octanol–water partition coefficient (Wildman–Crippen LogP) is 4.41. The third-order valence-electron chi connectivity index (χ3n) is 4.55. The number of hydrogen-bond acceptors (Lipinski definition) is 4. The van der Waals surface area contributed by atoms with Crippen LogP contribution in [0.4, 0.5) is 5.69 Å². The highest BCUT2D eigenvalue weighted by molar-refractivity contribution is 14.1. The molecule has 6 nitrogen and oxygen atoms in total. The molecule has 0 unspecified atom stereocenters. The SMILES string of the molecule is C/C(=N/NC(=O)c1ccc(N(Cc2ccccc2)S(C)(=O)=O)cc1)c1cccc(I)c1. The Labute approximate surface area is 196 Å². The van der Waals surface area contributed by atoms with Crippen LogP contribution in [0.2, 0.25) is 0 Å². The monoisotopic (exact) mass is 547 g/mol. The van der Waals surface area contributed by atoms with Gasteiger partial charge in [-0.15, -0.1) is 0 Å². The molecular weight excluding hydrogens is 525 g/mol. The molecule has 0 radical (unpaired) electrons. The van der Waals surface area contributed by atoms with E-state index in [2.05, 4.69) is 33.1 Å². The number of benzene rings is 3. The molecule has 0 spiro atoms. The maximum absolute atomic E-state index is 12.5. The third-order valence-corrected chi connectivity index (χ3v) is 6.37. The number of carbonyl (C=O) groups excluding carboxylic acids is 1.